The molecule has 1 atom stereocenters. The standard InChI is InChI=1S/C15H16N2O4/c18-13-6-4-9-8-10(3-5-11(9)16-13)14(19)17-7-1-2-12(17)15(20)21/h3,5,8,12H,1-2,4,6-7H2,(H,16,18)(H,20,21)/t12-/m1/s1. The first-order valence-corrected chi connectivity index (χ1v) is 7.03. The summed E-state index contributed by atoms with van der Waals surface area (Å²) in [6.45, 7) is 0.476. The largest absolute Gasteiger partial charge is 0.480 e. The van der Waals surface area contributed by atoms with Gasteiger partial charge in [-0.1, -0.05) is 0 Å². The molecule has 6 nitrogen and oxygen atoms in total. The topological polar surface area (TPSA) is 86.7 Å². The molecule has 6 heteroatoms. The number of fused-ring (bicyclic) bond motifs is 1. The second-order valence-electron chi connectivity index (χ2n) is 5.41. The number of anilines is 1. The maximum absolute atomic E-state index is 12.5. The highest BCUT2D eigenvalue weighted by Crippen LogP contribution is 2.26. The number of benzene rings is 1. The fourth-order valence-electron chi connectivity index (χ4n) is 2.95. The molecule has 0 radical (unpaired) electrons. The van der Waals surface area contributed by atoms with Gasteiger partial charge in [0.15, 0.2) is 0 Å². The van der Waals surface area contributed by atoms with E-state index in [-0.39, 0.29) is 11.8 Å². The smallest absolute Gasteiger partial charge is 0.326 e. The molecule has 2 amide bonds. The number of likely N-dealkylation sites (tertiary alicyclic amines) is 1. The lowest BCUT2D eigenvalue weighted by Crippen LogP contribution is -2.40. The van der Waals surface area contributed by atoms with E-state index in [0.29, 0.717) is 37.8 Å². The minimum atomic E-state index is -0.953. The van der Waals surface area contributed by atoms with E-state index in [1.807, 2.05) is 0 Å². The lowest BCUT2D eigenvalue weighted by Gasteiger charge is -2.23. The van der Waals surface area contributed by atoms with Crippen molar-refractivity contribution in [2.45, 2.75) is 31.7 Å². The summed E-state index contributed by atoms with van der Waals surface area (Å²) in [5.74, 6) is -1.22. The highest BCUT2D eigenvalue weighted by atomic mass is 16.4. The van der Waals surface area contributed by atoms with Gasteiger partial charge in [-0.25, -0.2) is 4.79 Å². The maximum Gasteiger partial charge on any atom is 0.326 e. The van der Waals surface area contributed by atoms with E-state index in [0.717, 1.165) is 11.3 Å². The van der Waals surface area contributed by atoms with Gasteiger partial charge < -0.3 is 15.3 Å². The fraction of sp³-hybridized carbons (Fsp3) is 0.400. The van der Waals surface area contributed by atoms with Gasteiger partial charge in [-0.3, -0.25) is 9.59 Å². The first kappa shape index (κ1) is 13.6. The van der Waals surface area contributed by atoms with Crippen LogP contribution in [0.2, 0.25) is 0 Å². The molecule has 0 unspecified atom stereocenters. The van der Waals surface area contributed by atoms with Crippen LogP contribution in [0, 0.1) is 0 Å². The molecule has 2 aliphatic heterocycles. The van der Waals surface area contributed by atoms with Crippen molar-refractivity contribution in [1.29, 1.82) is 0 Å². The van der Waals surface area contributed by atoms with E-state index in [1.54, 1.807) is 18.2 Å². The van der Waals surface area contributed by atoms with E-state index in [2.05, 4.69) is 5.32 Å². The highest BCUT2D eigenvalue weighted by molar-refractivity contribution is 5.99. The number of carboxylic acid groups (broad SMARTS) is 1. The molecule has 3 rings (SSSR count). The van der Waals surface area contributed by atoms with Gasteiger partial charge in [0.1, 0.15) is 6.04 Å². The zero-order valence-electron chi connectivity index (χ0n) is 11.5. The van der Waals surface area contributed by atoms with Crippen LogP contribution in [-0.2, 0) is 16.0 Å². The van der Waals surface area contributed by atoms with Crippen LogP contribution in [0.4, 0.5) is 5.69 Å². The first-order valence-electron chi connectivity index (χ1n) is 7.03. The summed E-state index contributed by atoms with van der Waals surface area (Å²) < 4.78 is 0. The van der Waals surface area contributed by atoms with Crippen molar-refractivity contribution in [3.05, 3.63) is 29.3 Å². The zero-order chi connectivity index (χ0) is 15.0. The average molecular weight is 288 g/mol. The zero-order valence-corrected chi connectivity index (χ0v) is 11.5. The van der Waals surface area contributed by atoms with Crippen molar-refractivity contribution in [2.24, 2.45) is 0 Å². The molecule has 21 heavy (non-hydrogen) atoms. The van der Waals surface area contributed by atoms with E-state index in [1.165, 1.54) is 4.90 Å². The molecule has 1 saturated heterocycles. The molecule has 2 N–H and O–H groups in total. The van der Waals surface area contributed by atoms with Gasteiger partial charge in [0.05, 0.1) is 0 Å². The maximum atomic E-state index is 12.5. The third-order valence-electron chi connectivity index (χ3n) is 4.05. The van der Waals surface area contributed by atoms with Gasteiger partial charge in [-0.15, -0.1) is 0 Å². The second-order valence-corrected chi connectivity index (χ2v) is 5.41. The van der Waals surface area contributed by atoms with Gasteiger partial charge in [0.25, 0.3) is 5.91 Å². The van der Waals surface area contributed by atoms with Crippen LogP contribution in [0.3, 0.4) is 0 Å². The Labute approximate surface area is 121 Å². The van der Waals surface area contributed by atoms with Crippen molar-refractivity contribution in [3.8, 4) is 0 Å². The minimum Gasteiger partial charge on any atom is -0.480 e. The fourth-order valence-corrected chi connectivity index (χ4v) is 2.95. The predicted octanol–water partition coefficient (Wildman–Crippen LogP) is 1.26. The summed E-state index contributed by atoms with van der Waals surface area (Å²) in [6, 6.07) is 4.39. The van der Waals surface area contributed by atoms with E-state index < -0.39 is 12.0 Å². The number of carbonyl (C=O) groups excluding carboxylic acids is 2. The molecule has 0 bridgehead atoms. The number of nitrogens with zero attached hydrogens (tertiary/aromatic N) is 1. The lowest BCUT2D eigenvalue weighted by molar-refractivity contribution is -0.141. The Bertz CT molecular complexity index is 626. The molecule has 110 valence electrons. The molecule has 0 aromatic heterocycles. The van der Waals surface area contributed by atoms with E-state index in [4.69, 9.17) is 5.11 Å². The summed E-state index contributed by atoms with van der Waals surface area (Å²) in [5.41, 5.74) is 2.14. The average Bonchev–Trinajstić information content (AvgIpc) is 2.95. The quantitative estimate of drug-likeness (QED) is 0.857. The van der Waals surface area contributed by atoms with Crippen LogP contribution in [0.1, 0.15) is 35.2 Å². The number of hydrogen-bond acceptors (Lipinski definition) is 3. The summed E-state index contributed by atoms with van der Waals surface area (Å²) in [5, 5.41) is 11.9. The highest BCUT2D eigenvalue weighted by Gasteiger charge is 2.34. The van der Waals surface area contributed by atoms with Crippen LogP contribution in [0.25, 0.3) is 0 Å². The van der Waals surface area contributed by atoms with Crippen LogP contribution in [-0.4, -0.2) is 40.4 Å². The Morgan fingerprint density at radius 1 is 1.29 bits per heavy atom. The Morgan fingerprint density at radius 2 is 2.10 bits per heavy atom. The number of aryl methyl sites for hydroxylation is 1. The molecule has 1 fully saturated rings. The van der Waals surface area contributed by atoms with Gasteiger partial charge in [0.2, 0.25) is 5.91 Å². The summed E-state index contributed by atoms with van der Waals surface area (Å²) in [7, 11) is 0. The first-order chi connectivity index (χ1) is 10.1. The monoisotopic (exact) mass is 288 g/mol. The van der Waals surface area contributed by atoms with Gasteiger partial charge >= 0.3 is 5.97 Å². The van der Waals surface area contributed by atoms with Crippen molar-refractivity contribution in [1.82, 2.24) is 4.90 Å². The van der Waals surface area contributed by atoms with Crippen LogP contribution in [0.5, 0.6) is 0 Å². The van der Waals surface area contributed by atoms with Crippen LogP contribution >= 0.6 is 0 Å². The number of nitrogens with one attached hydrogen (secondary N) is 1. The normalized spacial score (nSPS) is 20.9. The molecule has 0 aliphatic carbocycles. The molecular formula is C15H16N2O4. The number of rotatable bonds is 2. The Hall–Kier alpha value is -2.37. The van der Waals surface area contributed by atoms with Crippen molar-refractivity contribution < 1.29 is 19.5 Å². The Morgan fingerprint density at radius 3 is 2.86 bits per heavy atom. The van der Waals surface area contributed by atoms with Crippen LogP contribution in [0.15, 0.2) is 18.2 Å². The molecule has 2 aliphatic rings. The Kier molecular flexibility index (Phi) is 3.37. The number of carboxylic acids is 1. The number of hydrogen-bond donors (Lipinski definition) is 2. The SMILES string of the molecule is O=C1CCc2cc(C(=O)N3CCC[C@@H]3C(=O)O)ccc2N1. The van der Waals surface area contributed by atoms with Gasteiger partial charge in [-0.2, -0.15) is 0 Å². The number of aliphatic carboxylic acids is 1. The van der Waals surface area contributed by atoms with E-state index >= 15 is 0 Å². The number of carbonyl (C=O) groups is 3. The van der Waals surface area contributed by atoms with Crippen molar-refractivity contribution >= 4 is 23.5 Å². The molecule has 1 aromatic rings. The minimum absolute atomic E-state index is 0.0212. The van der Waals surface area contributed by atoms with Gasteiger partial charge in [0, 0.05) is 24.2 Å². The van der Waals surface area contributed by atoms with E-state index in [9.17, 15) is 14.4 Å². The summed E-state index contributed by atoms with van der Waals surface area (Å²) in [6.07, 6.45) is 2.22. The third kappa shape index (κ3) is 2.49. The van der Waals surface area contributed by atoms with Crippen molar-refractivity contribution in [2.75, 3.05) is 11.9 Å². The molecular weight excluding hydrogens is 272 g/mol. The van der Waals surface area contributed by atoms with Crippen LogP contribution < -0.4 is 5.32 Å². The molecule has 1 aromatic carbocycles. The molecule has 0 saturated carbocycles. The van der Waals surface area contributed by atoms with Gasteiger partial charge in [-0.05, 0) is 43.0 Å². The second kappa shape index (κ2) is 5.20. The lowest BCUT2D eigenvalue weighted by atomic mass is 10.00. The Balaban J connectivity index is 1.85. The predicted molar refractivity (Wildman–Crippen MR) is 75.1 cm³/mol. The molecule has 2 heterocycles. The number of amides is 2. The third-order valence-corrected chi connectivity index (χ3v) is 4.05. The molecule has 0 spiro atoms. The summed E-state index contributed by atoms with van der Waals surface area (Å²) >= 11 is 0. The van der Waals surface area contributed by atoms with Crippen molar-refractivity contribution in [3.63, 3.8) is 0 Å². The summed E-state index contributed by atoms with van der Waals surface area (Å²) in [4.78, 5) is 36.4.